The van der Waals surface area contributed by atoms with Crippen LogP contribution in [0.2, 0.25) is 0 Å². The van der Waals surface area contributed by atoms with E-state index in [-0.39, 0.29) is 35.4 Å². The van der Waals surface area contributed by atoms with Crippen molar-refractivity contribution in [3.8, 4) is 0 Å². The van der Waals surface area contributed by atoms with Gasteiger partial charge in [-0.3, -0.25) is 0 Å². The highest BCUT2D eigenvalue weighted by Crippen LogP contribution is 2.68. The van der Waals surface area contributed by atoms with E-state index in [9.17, 15) is 14.4 Å². The van der Waals surface area contributed by atoms with Gasteiger partial charge in [-0.15, -0.1) is 0 Å². The molecule has 4 aliphatic rings. The van der Waals surface area contributed by atoms with Crippen molar-refractivity contribution in [2.75, 3.05) is 28.4 Å². The summed E-state index contributed by atoms with van der Waals surface area (Å²) in [6, 6.07) is 8.86. The molecule has 1 aromatic carbocycles. The van der Waals surface area contributed by atoms with E-state index in [4.69, 9.17) is 28.4 Å². The fourth-order valence-corrected chi connectivity index (χ4v) is 9.76. The van der Waals surface area contributed by atoms with Crippen LogP contribution in [0.3, 0.4) is 0 Å². The molecule has 5 rings (SSSR count). The second kappa shape index (κ2) is 13.3. The van der Waals surface area contributed by atoms with Crippen LogP contribution in [-0.4, -0.2) is 71.2 Å². The summed E-state index contributed by atoms with van der Waals surface area (Å²) in [6.07, 6.45) is 3.53. The summed E-state index contributed by atoms with van der Waals surface area (Å²) in [4.78, 5) is 38.5. The van der Waals surface area contributed by atoms with Crippen molar-refractivity contribution in [3.63, 3.8) is 0 Å². The predicted molar refractivity (Wildman–Crippen MR) is 165 cm³/mol. The minimum atomic E-state index is -0.728. The Morgan fingerprint density at radius 2 is 1.64 bits per heavy atom. The average Bonchev–Trinajstić information content (AvgIpc) is 3.39. The molecule has 0 saturated heterocycles. The lowest BCUT2D eigenvalue weighted by molar-refractivity contribution is -0.170. The van der Waals surface area contributed by atoms with Gasteiger partial charge < -0.3 is 33.7 Å². The van der Waals surface area contributed by atoms with Crippen molar-refractivity contribution in [1.29, 1.82) is 0 Å². The van der Waals surface area contributed by atoms with Gasteiger partial charge in [0.2, 0.25) is 0 Å². The van der Waals surface area contributed by atoms with Crippen molar-refractivity contribution in [3.05, 3.63) is 47.5 Å². The zero-order chi connectivity index (χ0) is 32.5. The Bertz CT molecular complexity index is 1260. The third-order valence-corrected chi connectivity index (χ3v) is 11.9. The van der Waals surface area contributed by atoms with E-state index in [1.165, 1.54) is 7.11 Å². The molecular formula is C35H49NO9. The van der Waals surface area contributed by atoms with Crippen LogP contribution in [0.15, 0.2) is 42.0 Å². The first kappa shape index (κ1) is 33.3. The highest BCUT2D eigenvalue weighted by molar-refractivity contribution is 5.89. The van der Waals surface area contributed by atoms with Crippen molar-refractivity contribution >= 4 is 18.2 Å². The van der Waals surface area contributed by atoms with Gasteiger partial charge in [0.05, 0.1) is 12.7 Å². The number of carbonyl (C=O) groups excluding carboxylic acids is 3. The van der Waals surface area contributed by atoms with Gasteiger partial charge in [-0.1, -0.05) is 44.5 Å². The van der Waals surface area contributed by atoms with Crippen molar-refractivity contribution in [2.24, 2.45) is 40.4 Å². The van der Waals surface area contributed by atoms with E-state index in [1.54, 1.807) is 45.5 Å². The highest BCUT2D eigenvalue weighted by Gasteiger charge is 2.65. The summed E-state index contributed by atoms with van der Waals surface area (Å²) in [5, 5.41) is 2.61. The second-order valence-electron chi connectivity index (χ2n) is 13.7. The zero-order valence-corrected chi connectivity index (χ0v) is 27.6. The lowest BCUT2D eigenvalue weighted by Crippen LogP contribution is -2.60. The summed E-state index contributed by atoms with van der Waals surface area (Å²) in [7, 11) is 6.23. The lowest BCUT2D eigenvalue weighted by Gasteiger charge is -2.61. The minimum absolute atomic E-state index is 0.0171. The van der Waals surface area contributed by atoms with Crippen LogP contribution in [0.25, 0.3) is 0 Å². The smallest absolute Gasteiger partial charge is 0.458 e. The van der Waals surface area contributed by atoms with Gasteiger partial charge in [-0.25, -0.2) is 14.4 Å². The molecule has 10 atom stereocenters. The number of hydrogen-bond donors (Lipinski definition) is 1. The fraction of sp³-hybridized carbons (Fsp3) is 0.686. The maximum atomic E-state index is 13.1. The Balaban J connectivity index is 1.53. The molecule has 45 heavy (non-hydrogen) atoms. The van der Waals surface area contributed by atoms with E-state index in [2.05, 4.69) is 26.1 Å². The molecule has 0 heterocycles. The lowest BCUT2D eigenvalue weighted by atomic mass is 9.45. The Kier molecular flexibility index (Phi) is 9.84. The zero-order valence-electron chi connectivity index (χ0n) is 27.6. The summed E-state index contributed by atoms with van der Waals surface area (Å²) < 4.78 is 34.6. The third-order valence-electron chi connectivity index (χ3n) is 11.9. The number of esters is 1. The van der Waals surface area contributed by atoms with Crippen LogP contribution in [0.1, 0.15) is 69.7 Å². The van der Waals surface area contributed by atoms with Crippen molar-refractivity contribution < 1.29 is 42.8 Å². The number of amides is 1. The van der Waals surface area contributed by atoms with E-state index in [1.807, 2.05) is 12.1 Å². The van der Waals surface area contributed by atoms with E-state index < -0.39 is 41.9 Å². The molecule has 1 N–H and O–H groups in total. The standard InChI is InChI=1S/C35H49NO9/c1-20(31(40-5)41-6)24-13-14-25-29-26(15-16-34(24,25)2)35(3)22(18-27(29)44-33(39)42-7)17-23(19-28(35)45-32(38)36-4)43-30(37)21-11-9-8-10-12-21/h8-12,18,20,23-29,31H,13-17,19H2,1-7H3,(H,36,38)/t20?,23-,24-,25+,26+,27-,28+,29+,34-,35+/m1/s1. The molecule has 0 spiro atoms. The largest absolute Gasteiger partial charge is 0.508 e. The van der Waals surface area contributed by atoms with Crippen LogP contribution < -0.4 is 5.32 Å². The van der Waals surface area contributed by atoms with Crippen LogP contribution in [0.5, 0.6) is 0 Å². The molecule has 1 aromatic rings. The number of fused-ring (bicyclic) bond motifs is 5. The minimum Gasteiger partial charge on any atom is -0.458 e. The number of hydrogen-bond acceptors (Lipinski definition) is 9. The molecule has 4 aliphatic carbocycles. The quantitative estimate of drug-likeness (QED) is 0.157. The van der Waals surface area contributed by atoms with Gasteiger partial charge in [-0.05, 0) is 67.1 Å². The molecule has 0 radical (unpaired) electrons. The van der Waals surface area contributed by atoms with Gasteiger partial charge in [0, 0.05) is 51.4 Å². The van der Waals surface area contributed by atoms with Crippen LogP contribution in [0, 0.1) is 40.4 Å². The molecular weight excluding hydrogens is 578 g/mol. The summed E-state index contributed by atoms with van der Waals surface area (Å²) in [6.45, 7) is 6.76. The first-order valence-corrected chi connectivity index (χ1v) is 16.2. The predicted octanol–water partition coefficient (Wildman–Crippen LogP) is 6.14. The summed E-state index contributed by atoms with van der Waals surface area (Å²) >= 11 is 0. The van der Waals surface area contributed by atoms with E-state index in [0.29, 0.717) is 24.3 Å². The summed E-state index contributed by atoms with van der Waals surface area (Å²) in [5.74, 6) is 0.394. The number of nitrogens with one attached hydrogen (secondary N) is 1. The average molecular weight is 628 g/mol. The normalized spacial score (nSPS) is 36.0. The number of carbonyl (C=O) groups is 3. The molecule has 248 valence electrons. The number of benzene rings is 1. The Morgan fingerprint density at radius 3 is 2.29 bits per heavy atom. The first-order chi connectivity index (χ1) is 21.5. The van der Waals surface area contributed by atoms with E-state index in [0.717, 1.165) is 31.3 Å². The van der Waals surface area contributed by atoms with Crippen molar-refractivity contribution in [1.82, 2.24) is 5.32 Å². The van der Waals surface area contributed by atoms with Gasteiger partial charge in [0.25, 0.3) is 0 Å². The highest BCUT2D eigenvalue weighted by atomic mass is 16.7. The molecule has 0 aliphatic heterocycles. The van der Waals surface area contributed by atoms with Crippen molar-refractivity contribution in [2.45, 2.75) is 83.9 Å². The second-order valence-corrected chi connectivity index (χ2v) is 13.7. The molecule has 1 amide bonds. The molecule has 0 bridgehead atoms. The van der Waals surface area contributed by atoms with Crippen LogP contribution in [-0.2, 0) is 28.4 Å². The number of alkyl carbamates (subject to hydrolysis) is 1. The maximum absolute atomic E-state index is 13.1. The molecule has 10 heteroatoms. The van der Waals surface area contributed by atoms with Gasteiger partial charge >= 0.3 is 18.2 Å². The maximum Gasteiger partial charge on any atom is 0.508 e. The SMILES string of the molecule is CNC(=O)O[C@H]1C[C@H](OC(=O)c2ccccc2)CC2=C[C@@H](OC(=O)OC)[C@H]3[C@@H]4CC[C@H](C(C)C(OC)OC)[C@@]4(C)CC[C@@H]3[C@]21C. The Morgan fingerprint density at radius 1 is 0.933 bits per heavy atom. The fourth-order valence-electron chi connectivity index (χ4n) is 9.76. The molecule has 0 aromatic heterocycles. The van der Waals surface area contributed by atoms with Gasteiger partial charge in [0.1, 0.15) is 18.3 Å². The third kappa shape index (κ3) is 5.96. The van der Waals surface area contributed by atoms with Crippen LogP contribution in [0.4, 0.5) is 9.59 Å². The van der Waals surface area contributed by atoms with Gasteiger partial charge in [0.15, 0.2) is 6.29 Å². The number of methoxy groups -OCH3 is 3. The Hall–Kier alpha value is -3.11. The summed E-state index contributed by atoms with van der Waals surface area (Å²) in [5.41, 5.74) is 0.860. The first-order valence-electron chi connectivity index (χ1n) is 16.2. The Labute approximate surface area is 266 Å². The molecule has 10 nitrogen and oxygen atoms in total. The number of rotatable bonds is 8. The van der Waals surface area contributed by atoms with Gasteiger partial charge in [-0.2, -0.15) is 0 Å². The van der Waals surface area contributed by atoms with E-state index >= 15 is 0 Å². The molecule has 3 saturated carbocycles. The molecule has 3 fully saturated rings. The topological polar surface area (TPSA) is 119 Å². The molecule has 1 unspecified atom stereocenters. The van der Waals surface area contributed by atoms with Crippen LogP contribution >= 0.6 is 0 Å². The monoisotopic (exact) mass is 627 g/mol. The number of ether oxygens (including phenoxy) is 6.